The number of aromatic nitrogens is 1. The normalized spacial score (nSPS) is 23.8. The number of nitrogens with zero attached hydrogens (tertiary/aromatic N) is 2. The van der Waals surface area contributed by atoms with Crippen LogP contribution in [-0.4, -0.2) is 42.6 Å². The van der Waals surface area contributed by atoms with Crippen molar-refractivity contribution in [3.05, 3.63) is 24.4 Å². The number of hydrogen-bond acceptors (Lipinski definition) is 4. The summed E-state index contributed by atoms with van der Waals surface area (Å²) in [7, 11) is 0. The van der Waals surface area contributed by atoms with Crippen LogP contribution >= 0.6 is 0 Å². The van der Waals surface area contributed by atoms with Crippen LogP contribution in [0.2, 0.25) is 0 Å². The fourth-order valence-corrected chi connectivity index (χ4v) is 3.00. The van der Waals surface area contributed by atoms with Gasteiger partial charge in [-0.1, -0.05) is 6.07 Å². The molecular weight excluding hydrogens is 252 g/mol. The number of nitrogens with one attached hydrogen (secondary N) is 2. The van der Waals surface area contributed by atoms with Crippen molar-refractivity contribution in [1.29, 1.82) is 0 Å². The molecule has 1 amide bonds. The van der Waals surface area contributed by atoms with Crippen molar-refractivity contribution in [2.24, 2.45) is 0 Å². The minimum absolute atomic E-state index is 0.0313. The Kier molecular flexibility index (Phi) is 4.16. The van der Waals surface area contributed by atoms with Gasteiger partial charge < -0.3 is 15.5 Å². The number of pyridine rings is 1. The van der Waals surface area contributed by atoms with E-state index >= 15 is 0 Å². The molecule has 2 saturated heterocycles. The van der Waals surface area contributed by atoms with E-state index in [2.05, 4.69) is 20.5 Å². The third kappa shape index (κ3) is 3.10. The lowest BCUT2D eigenvalue weighted by Crippen LogP contribution is -2.49. The second-order valence-electron chi connectivity index (χ2n) is 5.61. The molecule has 2 aliphatic heterocycles. The summed E-state index contributed by atoms with van der Waals surface area (Å²) >= 11 is 0. The van der Waals surface area contributed by atoms with Crippen molar-refractivity contribution in [1.82, 2.24) is 15.6 Å². The SMILES string of the molecule is O=C(NC1CCN(c2ccccn2)CC1)[C@H]1CCCN1. The van der Waals surface area contributed by atoms with Crippen molar-refractivity contribution in [3.63, 3.8) is 0 Å². The van der Waals surface area contributed by atoms with Crippen molar-refractivity contribution in [3.8, 4) is 0 Å². The Morgan fingerprint density at radius 2 is 2.15 bits per heavy atom. The highest BCUT2D eigenvalue weighted by Crippen LogP contribution is 2.17. The van der Waals surface area contributed by atoms with Crippen LogP contribution in [0.1, 0.15) is 25.7 Å². The summed E-state index contributed by atoms with van der Waals surface area (Å²) in [6.45, 7) is 2.89. The maximum absolute atomic E-state index is 12.1. The molecule has 2 N–H and O–H groups in total. The maximum Gasteiger partial charge on any atom is 0.237 e. The molecule has 108 valence electrons. The highest BCUT2D eigenvalue weighted by Gasteiger charge is 2.26. The number of anilines is 1. The van der Waals surface area contributed by atoms with Crippen LogP contribution in [0.4, 0.5) is 5.82 Å². The molecule has 2 aliphatic rings. The second-order valence-corrected chi connectivity index (χ2v) is 5.61. The standard InChI is InChI=1S/C15H22N4O/c20-15(13-4-3-9-16-13)18-12-6-10-19(11-7-12)14-5-1-2-8-17-14/h1-2,5,8,12-13,16H,3-4,6-7,9-11H2,(H,18,20)/t13-/m1/s1. The van der Waals surface area contributed by atoms with E-state index in [9.17, 15) is 4.79 Å². The van der Waals surface area contributed by atoms with Gasteiger partial charge in [0.2, 0.25) is 5.91 Å². The molecule has 1 aromatic heterocycles. The van der Waals surface area contributed by atoms with Gasteiger partial charge in [0.1, 0.15) is 5.82 Å². The Balaban J connectivity index is 1.47. The Labute approximate surface area is 119 Å². The predicted octanol–water partition coefficient (Wildman–Crippen LogP) is 0.919. The molecule has 5 heteroatoms. The molecule has 3 rings (SSSR count). The summed E-state index contributed by atoms with van der Waals surface area (Å²) in [4.78, 5) is 18.7. The van der Waals surface area contributed by atoms with Gasteiger partial charge in [0.15, 0.2) is 0 Å². The molecule has 1 atom stereocenters. The molecule has 1 aromatic rings. The lowest BCUT2D eigenvalue weighted by molar-refractivity contribution is -0.123. The van der Waals surface area contributed by atoms with Gasteiger partial charge in [-0.05, 0) is 44.4 Å². The third-order valence-corrected chi connectivity index (χ3v) is 4.19. The van der Waals surface area contributed by atoms with Crippen LogP contribution < -0.4 is 15.5 Å². The van der Waals surface area contributed by atoms with Crippen LogP contribution in [-0.2, 0) is 4.79 Å². The van der Waals surface area contributed by atoms with Crippen LogP contribution in [0.3, 0.4) is 0 Å². The number of amides is 1. The summed E-state index contributed by atoms with van der Waals surface area (Å²) in [5.74, 6) is 1.22. The van der Waals surface area contributed by atoms with E-state index < -0.39 is 0 Å². The second kappa shape index (κ2) is 6.22. The van der Waals surface area contributed by atoms with Gasteiger partial charge in [-0.15, -0.1) is 0 Å². The average Bonchev–Trinajstić information content (AvgIpc) is 3.03. The van der Waals surface area contributed by atoms with E-state index in [1.165, 1.54) is 0 Å². The van der Waals surface area contributed by atoms with E-state index in [0.29, 0.717) is 6.04 Å². The minimum Gasteiger partial charge on any atom is -0.356 e. The zero-order valence-electron chi connectivity index (χ0n) is 11.7. The number of hydrogen-bond donors (Lipinski definition) is 2. The topological polar surface area (TPSA) is 57.3 Å². The molecule has 0 aromatic carbocycles. The highest BCUT2D eigenvalue weighted by molar-refractivity contribution is 5.82. The van der Waals surface area contributed by atoms with Crippen LogP contribution in [0, 0.1) is 0 Å². The van der Waals surface area contributed by atoms with Crippen molar-refractivity contribution in [2.75, 3.05) is 24.5 Å². The first-order valence-corrected chi connectivity index (χ1v) is 7.52. The summed E-state index contributed by atoms with van der Waals surface area (Å²) in [5.41, 5.74) is 0. The summed E-state index contributed by atoms with van der Waals surface area (Å²) in [6.07, 6.45) is 5.90. The lowest BCUT2D eigenvalue weighted by atomic mass is 10.0. The van der Waals surface area contributed by atoms with Gasteiger partial charge in [-0.3, -0.25) is 4.79 Å². The predicted molar refractivity (Wildman–Crippen MR) is 78.6 cm³/mol. The molecule has 0 bridgehead atoms. The zero-order valence-corrected chi connectivity index (χ0v) is 11.7. The number of carbonyl (C=O) groups is 1. The fraction of sp³-hybridized carbons (Fsp3) is 0.600. The third-order valence-electron chi connectivity index (χ3n) is 4.19. The van der Waals surface area contributed by atoms with E-state index in [1.54, 1.807) is 0 Å². The van der Waals surface area contributed by atoms with E-state index in [-0.39, 0.29) is 11.9 Å². The van der Waals surface area contributed by atoms with Gasteiger partial charge in [0.05, 0.1) is 6.04 Å². The van der Waals surface area contributed by atoms with Crippen molar-refractivity contribution >= 4 is 11.7 Å². The Morgan fingerprint density at radius 1 is 1.30 bits per heavy atom. The van der Waals surface area contributed by atoms with Gasteiger partial charge in [0, 0.05) is 25.3 Å². The molecule has 20 heavy (non-hydrogen) atoms. The first kappa shape index (κ1) is 13.4. The molecule has 0 radical (unpaired) electrons. The van der Waals surface area contributed by atoms with E-state index in [0.717, 1.165) is 51.1 Å². The molecule has 0 spiro atoms. The first-order chi connectivity index (χ1) is 9.83. The van der Waals surface area contributed by atoms with E-state index in [1.807, 2.05) is 24.4 Å². The van der Waals surface area contributed by atoms with Gasteiger partial charge in [0.25, 0.3) is 0 Å². The van der Waals surface area contributed by atoms with Crippen molar-refractivity contribution in [2.45, 2.75) is 37.8 Å². The first-order valence-electron chi connectivity index (χ1n) is 7.52. The van der Waals surface area contributed by atoms with Gasteiger partial charge in [-0.2, -0.15) is 0 Å². The fourth-order valence-electron chi connectivity index (χ4n) is 3.00. The Morgan fingerprint density at radius 3 is 2.80 bits per heavy atom. The van der Waals surface area contributed by atoms with E-state index in [4.69, 9.17) is 0 Å². The summed E-state index contributed by atoms with van der Waals surface area (Å²) in [5, 5.41) is 6.43. The highest BCUT2D eigenvalue weighted by atomic mass is 16.2. The van der Waals surface area contributed by atoms with Crippen LogP contribution in [0.15, 0.2) is 24.4 Å². The molecule has 0 aliphatic carbocycles. The quantitative estimate of drug-likeness (QED) is 0.860. The summed E-state index contributed by atoms with van der Waals surface area (Å²) < 4.78 is 0. The Bertz CT molecular complexity index is 436. The smallest absolute Gasteiger partial charge is 0.237 e. The summed E-state index contributed by atoms with van der Waals surface area (Å²) in [6, 6.07) is 6.34. The molecule has 3 heterocycles. The monoisotopic (exact) mass is 274 g/mol. The molecule has 5 nitrogen and oxygen atoms in total. The van der Waals surface area contributed by atoms with Gasteiger partial charge >= 0.3 is 0 Å². The largest absolute Gasteiger partial charge is 0.356 e. The Hall–Kier alpha value is -1.62. The minimum atomic E-state index is 0.0313. The number of piperidine rings is 1. The van der Waals surface area contributed by atoms with Crippen LogP contribution in [0.5, 0.6) is 0 Å². The zero-order chi connectivity index (χ0) is 13.8. The number of carbonyl (C=O) groups excluding carboxylic acids is 1. The van der Waals surface area contributed by atoms with Crippen LogP contribution in [0.25, 0.3) is 0 Å². The lowest BCUT2D eigenvalue weighted by Gasteiger charge is -2.33. The maximum atomic E-state index is 12.1. The van der Waals surface area contributed by atoms with Crippen molar-refractivity contribution < 1.29 is 4.79 Å². The number of rotatable bonds is 3. The molecule has 2 fully saturated rings. The molecular formula is C15H22N4O. The molecule has 0 saturated carbocycles. The van der Waals surface area contributed by atoms with Gasteiger partial charge in [-0.25, -0.2) is 4.98 Å². The average molecular weight is 274 g/mol. The molecule has 0 unspecified atom stereocenters.